The molecule has 4 N–H and O–H groups in total. The van der Waals surface area contributed by atoms with Crippen LogP contribution in [-0.4, -0.2) is 50.8 Å². The Morgan fingerprint density at radius 2 is 1.78 bits per heavy atom. The van der Waals surface area contributed by atoms with Crippen molar-refractivity contribution in [2.24, 2.45) is 5.73 Å². The molecule has 170 valence electrons. The molecule has 0 radical (unpaired) electrons. The van der Waals surface area contributed by atoms with Gasteiger partial charge in [-0.05, 0) is 35.9 Å². The number of morpholine rings is 1. The van der Waals surface area contributed by atoms with Crippen LogP contribution in [0.15, 0.2) is 48.5 Å². The van der Waals surface area contributed by atoms with Crippen LogP contribution in [0, 0.1) is 0 Å². The van der Waals surface area contributed by atoms with E-state index >= 15 is 0 Å². The molecule has 0 saturated carbocycles. The van der Waals surface area contributed by atoms with E-state index in [0.717, 1.165) is 18.8 Å². The van der Waals surface area contributed by atoms with Crippen LogP contribution in [0.25, 0.3) is 0 Å². The Morgan fingerprint density at radius 3 is 2.44 bits per heavy atom. The second-order valence-electron chi connectivity index (χ2n) is 7.14. The fourth-order valence-electron chi connectivity index (χ4n) is 3.31. The molecule has 1 saturated heterocycles. The van der Waals surface area contributed by atoms with Crippen molar-refractivity contribution in [2.45, 2.75) is 12.5 Å². The maximum Gasteiger partial charge on any atom is 0.312 e. The molecule has 0 bridgehead atoms. The molecular weight excluding hydrogens is 436 g/mol. The molecule has 2 aromatic carbocycles. The average Bonchev–Trinajstić information content (AvgIpc) is 2.78. The topological polar surface area (TPSA) is 123 Å². The summed E-state index contributed by atoms with van der Waals surface area (Å²) < 4.78 is 10.4. The number of nitrogens with zero attached hydrogens (tertiary/aromatic N) is 1. The minimum Gasteiger partial charge on any atom is -0.455 e. The highest BCUT2D eigenvalue weighted by molar-refractivity contribution is 6.31. The Balaban J connectivity index is 1.49. The lowest BCUT2D eigenvalue weighted by Crippen LogP contribution is -2.36. The molecule has 1 aliphatic heterocycles. The number of anilines is 2. The van der Waals surface area contributed by atoms with E-state index in [9.17, 15) is 14.4 Å². The van der Waals surface area contributed by atoms with Crippen molar-refractivity contribution >= 4 is 40.9 Å². The number of carbonyl (C=O) groups excluding carboxylic acids is 3. The molecule has 3 amide bonds. The van der Waals surface area contributed by atoms with Gasteiger partial charge in [0.05, 0.1) is 25.7 Å². The summed E-state index contributed by atoms with van der Waals surface area (Å²) in [4.78, 5) is 37.9. The number of hydrogen-bond donors (Lipinski definition) is 3. The molecule has 0 aliphatic carbocycles. The summed E-state index contributed by atoms with van der Waals surface area (Å²) in [6.07, 6.45) is -0.228. The molecule has 0 aromatic heterocycles. The van der Waals surface area contributed by atoms with E-state index in [4.69, 9.17) is 26.8 Å². The van der Waals surface area contributed by atoms with E-state index in [0.29, 0.717) is 29.5 Å². The van der Waals surface area contributed by atoms with Crippen LogP contribution in [0.4, 0.5) is 16.2 Å². The smallest absolute Gasteiger partial charge is 0.312 e. The van der Waals surface area contributed by atoms with Crippen molar-refractivity contribution in [1.82, 2.24) is 5.32 Å². The van der Waals surface area contributed by atoms with E-state index in [1.165, 1.54) is 0 Å². The quantitative estimate of drug-likeness (QED) is 0.520. The number of amides is 3. The molecule has 1 heterocycles. The second kappa shape index (κ2) is 11.4. The third-order valence-corrected chi connectivity index (χ3v) is 5.20. The van der Waals surface area contributed by atoms with Crippen LogP contribution >= 0.6 is 11.6 Å². The predicted molar refractivity (Wildman–Crippen MR) is 121 cm³/mol. The zero-order chi connectivity index (χ0) is 22.9. The van der Waals surface area contributed by atoms with Gasteiger partial charge in [-0.25, -0.2) is 4.79 Å². The molecule has 1 atom stereocenters. The van der Waals surface area contributed by atoms with Gasteiger partial charge in [0.2, 0.25) is 0 Å². The molecule has 32 heavy (non-hydrogen) atoms. The number of rotatable bonds is 8. The van der Waals surface area contributed by atoms with Gasteiger partial charge >= 0.3 is 12.0 Å². The number of primary amides is 1. The lowest BCUT2D eigenvalue weighted by molar-refractivity contribution is -0.147. The maximum absolute atomic E-state index is 12.2. The summed E-state index contributed by atoms with van der Waals surface area (Å²) in [7, 11) is 0. The van der Waals surface area contributed by atoms with Gasteiger partial charge in [0.1, 0.15) is 0 Å². The Labute approximate surface area is 190 Å². The fraction of sp³-hybridized carbons (Fsp3) is 0.318. The molecule has 10 heteroatoms. The molecule has 1 fully saturated rings. The Kier molecular flexibility index (Phi) is 8.29. The number of halogens is 1. The Morgan fingerprint density at radius 1 is 1.09 bits per heavy atom. The summed E-state index contributed by atoms with van der Waals surface area (Å²) >= 11 is 6.15. The van der Waals surface area contributed by atoms with Gasteiger partial charge in [-0.1, -0.05) is 29.8 Å². The number of nitrogens with two attached hydrogens (primary N) is 1. The van der Waals surface area contributed by atoms with Crippen molar-refractivity contribution in [3.63, 3.8) is 0 Å². The summed E-state index contributed by atoms with van der Waals surface area (Å²) in [5.74, 6) is -1.16. The van der Waals surface area contributed by atoms with Gasteiger partial charge in [-0.2, -0.15) is 0 Å². The van der Waals surface area contributed by atoms with Gasteiger partial charge < -0.3 is 30.7 Å². The molecule has 1 aliphatic rings. The van der Waals surface area contributed by atoms with E-state index in [1.54, 1.807) is 36.4 Å². The molecule has 2 aromatic rings. The maximum atomic E-state index is 12.2. The largest absolute Gasteiger partial charge is 0.455 e. The number of nitrogens with one attached hydrogen (secondary N) is 2. The SMILES string of the molecule is NC(=O)NC(CC(=O)OCC(=O)Nc1ccc(N2CCOCC2)cc1)c1ccccc1Cl. The third kappa shape index (κ3) is 6.86. The van der Waals surface area contributed by atoms with Gasteiger partial charge in [-0.15, -0.1) is 0 Å². The highest BCUT2D eigenvalue weighted by Crippen LogP contribution is 2.25. The van der Waals surface area contributed by atoms with Crippen LogP contribution in [0.5, 0.6) is 0 Å². The van der Waals surface area contributed by atoms with E-state index in [-0.39, 0.29) is 6.42 Å². The number of urea groups is 1. The third-order valence-electron chi connectivity index (χ3n) is 4.86. The number of benzene rings is 2. The fourth-order valence-corrected chi connectivity index (χ4v) is 3.58. The van der Waals surface area contributed by atoms with Crippen molar-refractivity contribution in [2.75, 3.05) is 43.1 Å². The summed E-state index contributed by atoms with van der Waals surface area (Å²) in [6, 6.07) is 12.6. The van der Waals surface area contributed by atoms with E-state index < -0.39 is 30.6 Å². The first kappa shape index (κ1) is 23.4. The monoisotopic (exact) mass is 460 g/mol. The van der Waals surface area contributed by atoms with Crippen molar-refractivity contribution in [3.8, 4) is 0 Å². The number of esters is 1. The van der Waals surface area contributed by atoms with Crippen LogP contribution < -0.4 is 21.3 Å². The minimum absolute atomic E-state index is 0.228. The summed E-state index contributed by atoms with van der Waals surface area (Å²) in [5, 5.41) is 5.52. The summed E-state index contributed by atoms with van der Waals surface area (Å²) in [5.41, 5.74) is 7.36. The minimum atomic E-state index is -0.805. The van der Waals surface area contributed by atoms with Crippen LogP contribution in [0.1, 0.15) is 18.0 Å². The normalized spacial score (nSPS) is 14.3. The van der Waals surface area contributed by atoms with Crippen molar-refractivity contribution in [3.05, 3.63) is 59.1 Å². The first-order valence-electron chi connectivity index (χ1n) is 10.1. The van der Waals surface area contributed by atoms with Crippen LogP contribution in [0.3, 0.4) is 0 Å². The zero-order valence-corrected chi connectivity index (χ0v) is 18.1. The summed E-state index contributed by atoms with van der Waals surface area (Å²) in [6.45, 7) is 2.56. The first-order chi connectivity index (χ1) is 15.4. The number of carbonyl (C=O) groups is 3. The standard InChI is InChI=1S/C22H25ClN4O5/c23-18-4-2-1-3-17(18)19(26-22(24)30)13-21(29)32-14-20(28)25-15-5-7-16(8-6-15)27-9-11-31-12-10-27/h1-8,19H,9-14H2,(H,25,28)(H3,24,26,30). The highest BCUT2D eigenvalue weighted by Gasteiger charge is 2.21. The lowest BCUT2D eigenvalue weighted by atomic mass is 10.0. The molecular formula is C22H25ClN4O5. The Bertz CT molecular complexity index is 948. The van der Waals surface area contributed by atoms with E-state index in [1.807, 2.05) is 12.1 Å². The molecule has 9 nitrogen and oxygen atoms in total. The van der Waals surface area contributed by atoms with Crippen LogP contribution in [0.2, 0.25) is 5.02 Å². The zero-order valence-electron chi connectivity index (χ0n) is 17.4. The number of ether oxygens (including phenoxy) is 2. The molecule has 0 spiro atoms. The van der Waals surface area contributed by atoms with Gasteiger partial charge in [0, 0.05) is 29.5 Å². The molecule has 1 unspecified atom stereocenters. The van der Waals surface area contributed by atoms with Crippen molar-refractivity contribution < 1.29 is 23.9 Å². The first-order valence-corrected chi connectivity index (χ1v) is 10.5. The van der Waals surface area contributed by atoms with Crippen LogP contribution in [-0.2, 0) is 19.1 Å². The average molecular weight is 461 g/mol. The van der Waals surface area contributed by atoms with Gasteiger partial charge in [0.15, 0.2) is 6.61 Å². The van der Waals surface area contributed by atoms with Gasteiger partial charge in [-0.3, -0.25) is 9.59 Å². The van der Waals surface area contributed by atoms with Crippen molar-refractivity contribution in [1.29, 1.82) is 0 Å². The lowest BCUT2D eigenvalue weighted by Gasteiger charge is -2.28. The second-order valence-corrected chi connectivity index (χ2v) is 7.55. The highest BCUT2D eigenvalue weighted by atomic mass is 35.5. The number of hydrogen-bond acceptors (Lipinski definition) is 6. The van der Waals surface area contributed by atoms with Gasteiger partial charge in [0.25, 0.3) is 5.91 Å². The molecule has 3 rings (SSSR count). The van der Waals surface area contributed by atoms with E-state index in [2.05, 4.69) is 15.5 Å². The predicted octanol–water partition coefficient (Wildman–Crippen LogP) is 2.46. The Hall–Kier alpha value is -3.30.